The highest BCUT2D eigenvalue weighted by Gasteiger charge is 2.22. The summed E-state index contributed by atoms with van der Waals surface area (Å²) in [6.45, 7) is 0. The molecule has 1 heterocycles. The Morgan fingerprint density at radius 3 is 2.48 bits per heavy atom. The van der Waals surface area contributed by atoms with Crippen LogP contribution in [0.5, 0.6) is 0 Å². The Morgan fingerprint density at radius 1 is 1.09 bits per heavy atom. The fourth-order valence-electron chi connectivity index (χ4n) is 2.24. The maximum absolute atomic E-state index is 12.8. The molecular weight excluding hydrogens is 322 g/mol. The zero-order valence-electron chi connectivity index (χ0n) is 11.6. The highest BCUT2D eigenvalue weighted by molar-refractivity contribution is 7.91. The number of hydrogen-bond acceptors (Lipinski definition) is 6. The van der Waals surface area contributed by atoms with Crippen molar-refractivity contribution in [2.24, 2.45) is 0 Å². The van der Waals surface area contributed by atoms with Crippen molar-refractivity contribution in [2.75, 3.05) is 5.73 Å². The van der Waals surface area contributed by atoms with E-state index in [9.17, 15) is 23.2 Å². The number of aromatic nitrogens is 2. The van der Waals surface area contributed by atoms with Crippen molar-refractivity contribution >= 4 is 26.4 Å². The van der Waals surface area contributed by atoms with Crippen LogP contribution < -0.4 is 17.0 Å². The van der Waals surface area contributed by atoms with E-state index in [1.807, 2.05) is 0 Å². The number of aromatic amines is 1. The Hall–Kier alpha value is -3.07. The Bertz CT molecular complexity index is 1150. The first kappa shape index (κ1) is 14.9. The van der Waals surface area contributed by atoms with Crippen molar-refractivity contribution in [3.63, 3.8) is 0 Å². The number of para-hydroxylation sites is 1. The lowest BCUT2D eigenvalue weighted by atomic mass is 10.2. The van der Waals surface area contributed by atoms with Crippen LogP contribution in [0.3, 0.4) is 0 Å². The first-order valence-corrected chi connectivity index (χ1v) is 7.88. The molecule has 0 radical (unpaired) electrons. The zero-order chi connectivity index (χ0) is 16.8. The van der Waals surface area contributed by atoms with Crippen LogP contribution in [-0.2, 0) is 9.84 Å². The average Bonchev–Trinajstić information content (AvgIpc) is 2.52. The van der Waals surface area contributed by atoms with Gasteiger partial charge in [0.1, 0.15) is 0 Å². The first-order chi connectivity index (χ1) is 10.8. The van der Waals surface area contributed by atoms with Crippen LogP contribution in [0, 0.1) is 0 Å². The van der Waals surface area contributed by atoms with Gasteiger partial charge in [0, 0.05) is 5.69 Å². The van der Waals surface area contributed by atoms with Gasteiger partial charge in [-0.15, -0.1) is 0 Å². The predicted octanol–water partition coefficient (Wildman–Crippen LogP) is 0.342. The van der Waals surface area contributed by atoms with E-state index in [1.165, 1.54) is 42.5 Å². The third kappa shape index (κ3) is 2.27. The molecule has 0 saturated carbocycles. The lowest BCUT2D eigenvalue weighted by molar-refractivity contribution is 0.162. The van der Waals surface area contributed by atoms with Gasteiger partial charge in [-0.05, 0) is 30.3 Å². The van der Waals surface area contributed by atoms with Crippen LogP contribution in [0.4, 0.5) is 5.69 Å². The van der Waals surface area contributed by atoms with E-state index in [0.29, 0.717) is 0 Å². The van der Waals surface area contributed by atoms with Crippen molar-refractivity contribution in [3.8, 4) is 0 Å². The van der Waals surface area contributed by atoms with Crippen LogP contribution in [0.25, 0.3) is 10.9 Å². The molecule has 0 aliphatic carbocycles. The molecule has 0 saturated heterocycles. The summed E-state index contributed by atoms with van der Waals surface area (Å²) in [5.41, 5.74) is 3.56. The first-order valence-electron chi connectivity index (χ1n) is 6.40. The Labute approximate surface area is 129 Å². The molecule has 0 fully saturated rings. The third-order valence-electron chi connectivity index (χ3n) is 3.33. The number of fused-ring (bicyclic) bond motifs is 1. The van der Waals surface area contributed by atoms with Gasteiger partial charge in [-0.2, -0.15) is 0 Å². The molecule has 0 amide bonds. The van der Waals surface area contributed by atoms with Crippen molar-refractivity contribution in [1.29, 1.82) is 0 Å². The second-order valence-electron chi connectivity index (χ2n) is 4.80. The van der Waals surface area contributed by atoms with Gasteiger partial charge in [0.05, 0.1) is 20.7 Å². The van der Waals surface area contributed by atoms with E-state index in [2.05, 4.69) is 4.98 Å². The van der Waals surface area contributed by atoms with Gasteiger partial charge in [-0.3, -0.25) is 4.79 Å². The minimum absolute atomic E-state index is 0.0703. The highest BCUT2D eigenvalue weighted by atomic mass is 32.2. The summed E-state index contributed by atoms with van der Waals surface area (Å²) >= 11 is 0. The maximum Gasteiger partial charge on any atom is 0.362 e. The van der Waals surface area contributed by atoms with E-state index < -0.39 is 21.1 Å². The summed E-state index contributed by atoms with van der Waals surface area (Å²) in [5.74, 6) is 0. The SMILES string of the molecule is Nc1cccc(S(=O)(=O)c2cccc3c(=O)n(O)c(=O)[nH]c23)c1. The molecule has 2 aromatic carbocycles. The average molecular weight is 333 g/mol. The fourth-order valence-corrected chi connectivity index (χ4v) is 3.73. The van der Waals surface area contributed by atoms with E-state index in [1.54, 1.807) is 0 Å². The van der Waals surface area contributed by atoms with Crippen molar-refractivity contribution in [1.82, 2.24) is 9.71 Å². The second kappa shape index (κ2) is 4.99. The zero-order valence-corrected chi connectivity index (χ0v) is 12.4. The van der Waals surface area contributed by atoms with Gasteiger partial charge in [0.25, 0.3) is 5.56 Å². The van der Waals surface area contributed by atoms with Gasteiger partial charge in [-0.1, -0.05) is 16.9 Å². The topological polar surface area (TPSA) is 135 Å². The monoisotopic (exact) mass is 333 g/mol. The molecule has 8 nitrogen and oxygen atoms in total. The van der Waals surface area contributed by atoms with Gasteiger partial charge in [-0.25, -0.2) is 13.2 Å². The molecule has 0 spiro atoms. The van der Waals surface area contributed by atoms with Gasteiger partial charge in [0.2, 0.25) is 9.84 Å². The van der Waals surface area contributed by atoms with Gasteiger partial charge < -0.3 is 15.9 Å². The van der Waals surface area contributed by atoms with Gasteiger partial charge in [0.15, 0.2) is 0 Å². The molecule has 3 rings (SSSR count). The lowest BCUT2D eigenvalue weighted by Gasteiger charge is -2.08. The normalized spacial score (nSPS) is 11.7. The second-order valence-corrected chi connectivity index (χ2v) is 6.72. The summed E-state index contributed by atoms with van der Waals surface area (Å²) < 4.78 is 25.4. The molecule has 1 aromatic heterocycles. The van der Waals surface area contributed by atoms with Crippen molar-refractivity contribution < 1.29 is 13.6 Å². The standard InChI is InChI=1S/C14H11N3O5S/c15-8-3-1-4-9(7-8)23(21,22)11-6-2-5-10-12(11)16-14(19)17(20)13(10)18/h1-7,20H,15H2,(H,16,19). The van der Waals surface area contributed by atoms with E-state index in [0.717, 1.165) is 0 Å². The third-order valence-corrected chi connectivity index (χ3v) is 5.12. The number of anilines is 1. The quantitative estimate of drug-likeness (QED) is 0.457. The molecule has 0 aliphatic rings. The Balaban J connectivity index is 2.42. The van der Waals surface area contributed by atoms with Crippen molar-refractivity contribution in [3.05, 3.63) is 63.3 Å². The molecule has 4 N–H and O–H groups in total. The Kier molecular flexibility index (Phi) is 3.22. The number of sulfone groups is 1. The predicted molar refractivity (Wildman–Crippen MR) is 82.3 cm³/mol. The molecule has 0 atom stereocenters. The fraction of sp³-hybridized carbons (Fsp3) is 0. The summed E-state index contributed by atoms with van der Waals surface area (Å²) in [4.78, 5) is 25.3. The summed E-state index contributed by atoms with van der Waals surface area (Å²) in [6.07, 6.45) is 0. The number of nitrogens with two attached hydrogens (primary N) is 1. The smallest absolute Gasteiger partial charge is 0.362 e. The number of nitrogen functional groups attached to an aromatic ring is 1. The molecule has 23 heavy (non-hydrogen) atoms. The number of rotatable bonds is 2. The number of hydrogen-bond donors (Lipinski definition) is 3. The molecule has 0 bridgehead atoms. The number of nitrogens with one attached hydrogen (secondary N) is 1. The van der Waals surface area contributed by atoms with Crippen molar-refractivity contribution in [2.45, 2.75) is 9.79 Å². The number of nitrogens with zero attached hydrogens (tertiary/aromatic N) is 1. The summed E-state index contributed by atoms with van der Waals surface area (Å²) in [6, 6.07) is 9.57. The summed E-state index contributed by atoms with van der Waals surface area (Å²) in [5, 5.41) is 9.22. The molecule has 3 aromatic rings. The lowest BCUT2D eigenvalue weighted by Crippen LogP contribution is -2.33. The van der Waals surface area contributed by atoms with Crippen LogP contribution in [0.1, 0.15) is 0 Å². The molecule has 118 valence electrons. The number of H-pyrrole nitrogens is 1. The van der Waals surface area contributed by atoms with Crippen LogP contribution in [0.2, 0.25) is 0 Å². The minimum Gasteiger partial charge on any atom is -0.421 e. The van der Waals surface area contributed by atoms with Crippen LogP contribution in [0.15, 0.2) is 61.8 Å². The molecule has 9 heteroatoms. The largest absolute Gasteiger partial charge is 0.421 e. The molecule has 0 aliphatic heterocycles. The van der Waals surface area contributed by atoms with Gasteiger partial charge >= 0.3 is 5.69 Å². The molecular formula is C14H11N3O5S. The van der Waals surface area contributed by atoms with Crippen LogP contribution in [-0.4, -0.2) is 23.3 Å². The highest BCUT2D eigenvalue weighted by Crippen LogP contribution is 2.26. The Morgan fingerprint density at radius 2 is 1.78 bits per heavy atom. The maximum atomic E-state index is 12.8. The van der Waals surface area contributed by atoms with E-state index >= 15 is 0 Å². The summed E-state index contributed by atoms with van der Waals surface area (Å²) in [7, 11) is -4.01. The van der Waals surface area contributed by atoms with E-state index in [4.69, 9.17) is 5.73 Å². The van der Waals surface area contributed by atoms with Crippen LogP contribution >= 0.6 is 0 Å². The van der Waals surface area contributed by atoms with E-state index in [-0.39, 0.29) is 31.1 Å². The number of benzene rings is 2. The molecule has 0 unspecified atom stereocenters. The minimum atomic E-state index is -4.01.